The molecule has 0 aliphatic heterocycles. The summed E-state index contributed by atoms with van der Waals surface area (Å²) in [5.41, 5.74) is 4.01. The first-order valence-electron chi connectivity index (χ1n) is 11.3. The van der Waals surface area contributed by atoms with Crippen molar-refractivity contribution in [1.82, 2.24) is 4.57 Å². The average Bonchev–Trinajstić information content (AvgIpc) is 2.98. The largest absolute Gasteiger partial charge is 1.00 e. The molecule has 2 N–H and O–H groups in total. The fourth-order valence-electron chi connectivity index (χ4n) is 4.02. The number of benzene rings is 1. The molecule has 3 rings (SSSR count). The summed E-state index contributed by atoms with van der Waals surface area (Å²) in [7, 11) is 1.00. The van der Waals surface area contributed by atoms with E-state index in [-0.39, 0.29) is 47.8 Å². The average molecular weight is 478 g/mol. The van der Waals surface area contributed by atoms with Gasteiger partial charge in [-0.3, -0.25) is 0 Å². The summed E-state index contributed by atoms with van der Waals surface area (Å²) in [6.45, 7) is 4.23. The van der Waals surface area contributed by atoms with Gasteiger partial charge in [0.1, 0.15) is 5.83 Å². The van der Waals surface area contributed by atoms with Crippen LogP contribution in [0.1, 0.15) is 63.3 Å². The van der Waals surface area contributed by atoms with Crippen LogP contribution in [-0.2, 0) is 4.79 Å². The Bertz CT molecular complexity index is 1070. The zero-order chi connectivity index (χ0) is 24.4. The van der Waals surface area contributed by atoms with E-state index >= 15 is 0 Å². The van der Waals surface area contributed by atoms with Crippen molar-refractivity contribution < 1.29 is 54.1 Å². The first-order valence-corrected chi connectivity index (χ1v) is 11.3. The van der Waals surface area contributed by atoms with Crippen molar-refractivity contribution in [1.29, 1.82) is 0 Å². The van der Waals surface area contributed by atoms with E-state index in [0.29, 0.717) is 25.7 Å². The van der Waals surface area contributed by atoms with Gasteiger partial charge in [-0.15, -0.1) is 0 Å². The van der Waals surface area contributed by atoms with Gasteiger partial charge >= 0.3 is 29.6 Å². The number of aliphatic carboxylic acids is 1. The molecule has 0 fully saturated rings. The van der Waals surface area contributed by atoms with Crippen LogP contribution in [0.15, 0.2) is 60.5 Å². The number of halogens is 1. The molecule has 5 nitrogen and oxygen atoms in total. The number of aliphatic hydroxyl groups is 2. The number of hydrogen-bond donors (Lipinski definition) is 2. The zero-order valence-electron chi connectivity index (χ0n) is 20.5. The molecule has 1 aliphatic carbocycles. The molecule has 1 aromatic carbocycles. The number of rotatable bonds is 9. The molecule has 1 unspecified atom stereocenters. The molecule has 2 aromatic rings. The van der Waals surface area contributed by atoms with Gasteiger partial charge in [0, 0.05) is 41.3 Å². The molecule has 7 heteroatoms. The van der Waals surface area contributed by atoms with Crippen molar-refractivity contribution in [2.45, 2.75) is 58.1 Å². The van der Waals surface area contributed by atoms with Crippen molar-refractivity contribution in [3.05, 3.63) is 71.7 Å². The van der Waals surface area contributed by atoms with E-state index in [9.17, 15) is 19.4 Å². The Hall–Kier alpha value is -1.96. The fraction of sp³-hybridized carbons (Fsp3) is 0.370. The summed E-state index contributed by atoms with van der Waals surface area (Å²) in [6.07, 6.45) is 12.0. The molecule has 1 aromatic heterocycles. The number of fused-ring (bicyclic) bond motifs is 1. The maximum atomic E-state index is 13.8. The van der Waals surface area contributed by atoms with Crippen molar-refractivity contribution >= 4 is 28.5 Å². The molecule has 1 aliphatic rings. The number of aliphatic hydroxyl groups excluding tert-OH is 2. The third kappa shape index (κ3) is 8.07. The minimum Gasteiger partial charge on any atom is -0.550 e. The molecule has 0 saturated heterocycles. The number of carboxylic acid groups (broad SMARTS) is 1. The van der Waals surface area contributed by atoms with Crippen LogP contribution in [0.4, 0.5) is 4.39 Å². The molecule has 34 heavy (non-hydrogen) atoms. The smallest absolute Gasteiger partial charge is 0.550 e. The summed E-state index contributed by atoms with van der Waals surface area (Å²) < 4.78 is 16.0. The summed E-state index contributed by atoms with van der Waals surface area (Å²) in [6, 6.07) is 8.33. The number of carbonyl (C=O) groups is 1. The predicted octanol–water partition coefficient (Wildman–Crippen LogP) is 1.72. The molecule has 1 heterocycles. The maximum Gasteiger partial charge on any atom is 1.00 e. The van der Waals surface area contributed by atoms with Gasteiger partial charge in [-0.2, -0.15) is 0 Å². The van der Waals surface area contributed by atoms with E-state index in [0.717, 1.165) is 34.8 Å². The van der Waals surface area contributed by atoms with Crippen molar-refractivity contribution in [2.24, 2.45) is 0 Å². The second kappa shape index (κ2) is 15.1. The number of allylic oxidation sites excluding steroid dienone is 6. The van der Waals surface area contributed by atoms with Gasteiger partial charge in [-0.1, -0.05) is 42.8 Å². The number of para-hydroxylation sites is 1. The molecule has 1 atom stereocenters. The van der Waals surface area contributed by atoms with Gasteiger partial charge in [-0.25, -0.2) is 4.39 Å². The Morgan fingerprint density at radius 3 is 2.56 bits per heavy atom. The predicted molar refractivity (Wildman–Crippen MR) is 130 cm³/mol. The molecular weight excluding hydrogens is 444 g/mol. The first kappa shape index (κ1) is 30.1. The van der Waals surface area contributed by atoms with E-state index in [1.807, 2.05) is 24.3 Å². The van der Waals surface area contributed by atoms with Crippen molar-refractivity contribution in [3.8, 4) is 0 Å². The summed E-state index contributed by atoms with van der Waals surface area (Å²) >= 11 is 0. The van der Waals surface area contributed by atoms with Crippen LogP contribution in [0, 0.1) is 0 Å². The Balaban J connectivity index is 0.00000188. The Morgan fingerprint density at radius 1 is 1.18 bits per heavy atom. The van der Waals surface area contributed by atoms with Gasteiger partial charge in [0.15, 0.2) is 0 Å². The molecule has 0 radical (unpaired) electrons. The number of unbranched alkanes of at least 4 members (excludes halogenated alkanes) is 1. The van der Waals surface area contributed by atoms with E-state index in [4.69, 9.17) is 5.11 Å². The summed E-state index contributed by atoms with van der Waals surface area (Å²) in [4.78, 5) is 10.5. The molecule has 178 valence electrons. The summed E-state index contributed by atoms with van der Waals surface area (Å²) in [5.74, 6) is -1.31. The van der Waals surface area contributed by atoms with Crippen molar-refractivity contribution in [2.75, 3.05) is 7.11 Å². The fourth-order valence-corrected chi connectivity index (χ4v) is 4.02. The SMILES string of the molecule is CC(C)n1c(/C=C/C(O)CCCCC(=O)[O-])c(C2=CCC=C(F)C=C2)c2ccccc21.CO.[Na+]. The number of aromatic nitrogens is 1. The van der Waals surface area contributed by atoms with Crippen LogP contribution in [0.5, 0.6) is 0 Å². The van der Waals surface area contributed by atoms with Crippen LogP contribution < -0.4 is 34.7 Å². The first-order chi connectivity index (χ1) is 15.9. The van der Waals surface area contributed by atoms with E-state index in [1.165, 1.54) is 6.08 Å². The summed E-state index contributed by atoms with van der Waals surface area (Å²) in [5, 5.41) is 29.0. The molecular formula is C27H33FNNaO4. The molecule has 0 spiro atoms. The van der Waals surface area contributed by atoms with Gasteiger partial charge in [0.05, 0.1) is 6.10 Å². The van der Waals surface area contributed by atoms with E-state index in [2.05, 4.69) is 30.5 Å². The third-order valence-electron chi connectivity index (χ3n) is 5.43. The minimum atomic E-state index is -1.06. The molecule has 0 amide bonds. The minimum absolute atomic E-state index is 0. The number of carboxylic acids is 1. The normalized spacial score (nSPS) is 14.2. The van der Waals surface area contributed by atoms with Gasteiger partial charge < -0.3 is 24.7 Å². The van der Waals surface area contributed by atoms with Crippen LogP contribution in [-0.4, -0.2) is 34.0 Å². The van der Waals surface area contributed by atoms with Crippen molar-refractivity contribution in [3.63, 3.8) is 0 Å². The van der Waals surface area contributed by atoms with E-state index < -0.39 is 12.1 Å². The topological polar surface area (TPSA) is 85.5 Å². The Morgan fingerprint density at radius 2 is 1.88 bits per heavy atom. The quantitative estimate of drug-likeness (QED) is 0.426. The van der Waals surface area contributed by atoms with Gasteiger partial charge in [0.25, 0.3) is 0 Å². The van der Waals surface area contributed by atoms with Gasteiger partial charge in [0.2, 0.25) is 0 Å². The number of carbonyl (C=O) groups excluding carboxylic acids is 1. The van der Waals surface area contributed by atoms with Crippen LogP contribution in [0.25, 0.3) is 22.6 Å². The second-order valence-electron chi connectivity index (χ2n) is 8.10. The van der Waals surface area contributed by atoms with Crippen LogP contribution in [0.2, 0.25) is 0 Å². The Labute approximate surface area is 223 Å². The standard InChI is InChI=1S/C26H30FNO3.CH4O.Na/c1-18(2)28-23-12-5-4-11-22(23)26(19-8-7-9-20(27)15-14-19)24(28)17-16-21(29)10-3-6-13-25(30)31;1-2;/h4-5,8-9,11-12,14-18,21,29H,3,6-7,10,13H2,1-2H3,(H,30,31);2H,1H3;/q;;+1/p-1/b17-16+;;. The molecule has 0 saturated carbocycles. The Kier molecular flexibility index (Phi) is 13.4. The van der Waals surface area contributed by atoms with E-state index in [1.54, 1.807) is 18.2 Å². The van der Waals surface area contributed by atoms with Crippen LogP contribution in [0.3, 0.4) is 0 Å². The zero-order valence-corrected chi connectivity index (χ0v) is 22.5. The number of hydrogen-bond acceptors (Lipinski definition) is 4. The van der Waals surface area contributed by atoms with Crippen LogP contribution >= 0.6 is 0 Å². The monoisotopic (exact) mass is 477 g/mol. The maximum absolute atomic E-state index is 13.8. The number of nitrogens with zero attached hydrogens (tertiary/aromatic N) is 1. The third-order valence-corrected chi connectivity index (χ3v) is 5.43. The van der Waals surface area contributed by atoms with Gasteiger partial charge in [-0.05, 0) is 69.4 Å². The molecule has 0 bridgehead atoms. The second-order valence-corrected chi connectivity index (χ2v) is 8.10.